The topological polar surface area (TPSA) is 38.1 Å². The van der Waals surface area contributed by atoms with E-state index >= 15 is 0 Å². The van der Waals surface area contributed by atoms with Gasteiger partial charge in [0.25, 0.3) is 0 Å². The molecule has 0 bridgehead atoms. The van der Waals surface area contributed by atoms with Crippen molar-refractivity contribution in [3.63, 3.8) is 0 Å². The molecule has 1 aromatic heterocycles. The lowest BCUT2D eigenvalue weighted by Crippen LogP contribution is -2.19. The lowest BCUT2D eigenvalue weighted by molar-refractivity contribution is 0.472. The molecule has 0 spiro atoms. The number of hydrogen-bond acceptors (Lipinski definition) is 3. The summed E-state index contributed by atoms with van der Waals surface area (Å²) < 4.78 is 19.9. The maximum atomic E-state index is 13.7. The number of rotatable bonds is 4. The van der Waals surface area contributed by atoms with Crippen LogP contribution in [0.25, 0.3) is 11.1 Å². The van der Waals surface area contributed by atoms with E-state index in [0.717, 1.165) is 16.7 Å². The molecular weight excluding hydrogens is 335 g/mol. The first-order valence-corrected chi connectivity index (χ1v) is 7.43. The van der Waals surface area contributed by atoms with Crippen LogP contribution in [0, 0.1) is 5.82 Å². The number of benzene rings is 2. The standard InChI is InChI=1S/C16H14BrFN2O/c1-19-14(10-6-7-11(17)12(18)8-10)9-16-20-13-4-2-3-5-15(13)21-16/h2-8,14,19H,9H2,1H3. The summed E-state index contributed by atoms with van der Waals surface area (Å²) >= 11 is 3.16. The molecule has 0 radical (unpaired) electrons. The first-order valence-electron chi connectivity index (χ1n) is 6.64. The number of para-hydroxylation sites is 2. The predicted molar refractivity (Wildman–Crippen MR) is 83.6 cm³/mol. The van der Waals surface area contributed by atoms with E-state index in [1.807, 2.05) is 37.4 Å². The van der Waals surface area contributed by atoms with Crippen LogP contribution in [0.3, 0.4) is 0 Å². The van der Waals surface area contributed by atoms with Gasteiger partial charge in [0.1, 0.15) is 11.3 Å². The monoisotopic (exact) mass is 348 g/mol. The minimum Gasteiger partial charge on any atom is -0.441 e. The van der Waals surface area contributed by atoms with Gasteiger partial charge >= 0.3 is 0 Å². The fourth-order valence-corrected chi connectivity index (χ4v) is 2.54. The van der Waals surface area contributed by atoms with Crippen LogP contribution < -0.4 is 5.32 Å². The highest BCUT2D eigenvalue weighted by Gasteiger charge is 2.15. The fraction of sp³-hybridized carbons (Fsp3) is 0.188. The number of nitrogens with one attached hydrogen (secondary N) is 1. The van der Waals surface area contributed by atoms with Crippen LogP contribution >= 0.6 is 15.9 Å². The van der Waals surface area contributed by atoms with Crippen molar-refractivity contribution >= 4 is 27.0 Å². The Labute approximate surface area is 130 Å². The second kappa shape index (κ2) is 5.95. The van der Waals surface area contributed by atoms with Crippen molar-refractivity contribution < 1.29 is 8.81 Å². The van der Waals surface area contributed by atoms with Gasteiger partial charge in [-0.05, 0) is 52.8 Å². The Morgan fingerprint density at radius 3 is 2.81 bits per heavy atom. The van der Waals surface area contributed by atoms with E-state index in [1.54, 1.807) is 6.07 Å². The summed E-state index contributed by atoms with van der Waals surface area (Å²) in [5.74, 6) is 0.365. The summed E-state index contributed by atoms with van der Waals surface area (Å²) in [6, 6.07) is 12.7. The van der Waals surface area contributed by atoms with Crippen molar-refractivity contribution in [2.75, 3.05) is 7.05 Å². The number of oxazole rings is 1. The molecule has 2 aromatic carbocycles. The molecule has 3 rings (SSSR count). The maximum absolute atomic E-state index is 13.7. The lowest BCUT2D eigenvalue weighted by atomic mass is 10.0. The highest BCUT2D eigenvalue weighted by Crippen LogP contribution is 2.24. The molecule has 0 aliphatic heterocycles. The fourth-order valence-electron chi connectivity index (χ4n) is 2.30. The largest absolute Gasteiger partial charge is 0.441 e. The van der Waals surface area contributed by atoms with E-state index in [4.69, 9.17) is 4.42 Å². The molecule has 0 aliphatic rings. The number of nitrogens with zero attached hydrogens (tertiary/aromatic N) is 1. The Hall–Kier alpha value is -1.72. The summed E-state index contributed by atoms with van der Waals surface area (Å²) in [5.41, 5.74) is 2.47. The number of fused-ring (bicyclic) bond motifs is 1. The normalized spacial score (nSPS) is 12.7. The van der Waals surface area contributed by atoms with Crippen molar-refractivity contribution in [2.24, 2.45) is 0 Å². The van der Waals surface area contributed by atoms with Gasteiger partial charge in [-0.3, -0.25) is 0 Å². The van der Waals surface area contributed by atoms with E-state index in [-0.39, 0.29) is 11.9 Å². The summed E-state index contributed by atoms with van der Waals surface area (Å²) in [7, 11) is 1.84. The molecule has 3 nitrogen and oxygen atoms in total. The Balaban J connectivity index is 1.88. The molecule has 108 valence electrons. The Morgan fingerprint density at radius 2 is 2.10 bits per heavy atom. The molecule has 1 atom stereocenters. The van der Waals surface area contributed by atoms with Gasteiger partial charge in [0.15, 0.2) is 11.5 Å². The van der Waals surface area contributed by atoms with Crippen LogP contribution in [0.5, 0.6) is 0 Å². The molecule has 21 heavy (non-hydrogen) atoms. The zero-order valence-corrected chi connectivity index (χ0v) is 13.0. The van der Waals surface area contributed by atoms with E-state index in [0.29, 0.717) is 16.8 Å². The number of halogens is 2. The third kappa shape index (κ3) is 2.99. The van der Waals surface area contributed by atoms with Crippen LogP contribution in [0.1, 0.15) is 17.5 Å². The Morgan fingerprint density at radius 1 is 1.29 bits per heavy atom. The predicted octanol–water partition coefficient (Wildman–Crippen LogP) is 4.23. The summed E-state index contributed by atoms with van der Waals surface area (Å²) in [6.07, 6.45) is 0.562. The van der Waals surface area contributed by atoms with E-state index in [9.17, 15) is 4.39 Å². The summed E-state index contributed by atoms with van der Waals surface area (Å²) in [6.45, 7) is 0. The van der Waals surface area contributed by atoms with Gasteiger partial charge in [0, 0.05) is 12.5 Å². The van der Waals surface area contributed by atoms with E-state index < -0.39 is 0 Å². The quantitative estimate of drug-likeness (QED) is 0.766. The molecule has 3 aromatic rings. The highest BCUT2D eigenvalue weighted by molar-refractivity contribution is 9.10. The smallest absolute Gasteiger partial charge is 0.197 e. The molecule has 1 unspecified atom stereocenters. The van der Waals surface area contributed by atoms with Gasteiger partial charge in [-0.1, -0.05) is 18.2 Å². The second-order valence-electron chi connectivity index (χ2n) is 4.79. The third-order valence-electron chi connectivity index (χ3n) is 3.41. The van der Waals surface area contributed by atoms with Crippen LogP contribution in [-0.4, -0.2) is 12.0 Å². The zero-order chi connectivity index (χ0) is 14.8. The van der Waals surface area contributed by atoms with Gasteiger partial charge < -0.3 is 9.73 Å². The van der Waals surface area contributed by atoms with Gasteiger partial charge in [-0.15, -0.1) is 0 Å². The average molecular weight is 349 g/mol. The molecule has 5 heteroatoms. The van der Waals surface area contributed by atoms with E-state index in [2.05, 4.69) is 26.2 Å². The molecule has 0 saturated carbocycles. The molecule has 0 amide bonds. The molecular formula is C16H14BrFN2O. The molecule has 0 fully saturated rings. The van der Waals surface area contributed by atoms with Crippen molar-refractivity contribution in [3.05, 3.63) is 64.2 Å². The molecule has 1 heterocycles. The first-order chi connectivity index (χ1) is 10.2. The molecule has 0 aliphatic carbocycles. The van der Waals surface area contributed by atoms with Gasteiger partial charge in [0.2, 0.25) is 0 Å². The van der Waals surface area contributed by atoms with Gasteiger partial charge in [0.05, 0.1) is 4.47 Å². The van der Waals surface area contributed by atoms with Crippen LogP contribution in [0.15, 0.2) is 51.4 Å². The number of aromatic nitrogens is 1. The third-order valence-corrected chi connectivity index (χ3v) is 4.05. The molecule has 0 saturated heterocycles. The van der Waals surface area contributed by atoms with Crippen LogP contribution in [0.2, 0.25) is 0 Å². The van der Waals surface area contributed by atoms with Crippen molar-refractivity contribution in [3.8, 4) is 0 Å². The second-order valence-corrected chi connectivity index (χ2v) is 5.65. The van der Waals surface area contributed by atoms with Crippen LogP contribution in [0.4, 0.5) is 4.39 Å². The maximum Gasteiger partial charge on any atom is 0.197 e. The Kier molecular flexibility index (Phi) is 4.03. The highest BCUT2D eigenvalue weighted by atomic mass is 79.9. The van der Waals surface area contributed by atoms with Crippen molar-refractivity contribution in [2.45, 2.75) is 12.5 Å². The van der Waals surface area contributed by atoms with E-state index in [1.165, 1.54) is 6.07 Å². The Bertz CT molecular complexity index is 739. The minimum absolute atomic E-state index is 0.0549. The van der Waals surface area contributed by atoms with Crippen LogP contribution in [-0.2, 0) is 6.42 Å². The minimum atomic E-state index is -0.273. The first kappa shape index (κ1) is 14.2. The van der Waals surface area contributed by atoms with Crippen molar-refractivity contribution in [1.29, 1.82) is 0 Å². The average Bonchev–Trinajstić information content (AvgIpc) is 2.90. The van der Waals surface area contributed by atoms with Crippen molar-refractivity contribution in [1.82, 2.24) is 10.3 Å². The molecule has 1 N–H and O–H groups in total. The van der Waals surface area contributed by atoms with Gasteiger partial charge in [-0.25, -0.2) is 9.37 Å². The summed E-state index contributed by atoms with van der Waals surface area (Å²) in [4.78, 5) is 4.46. The van der Waals surface area contributed by atoms with Gasteiger partial charge in [-0.2, -0.15) is 0 Å². The number of hydrogen-bond donors (Lipinski definition) is 1. The zero-order valence-electron chi connectivity index (χ0n) is 11.4. The SMILES string of the molecule is CNC(Cc1nc2ccccc2o1)c1ccc(Br)c(F)c1. The lowest BCUT2D eigenvalue weighted by Gasteiger charge is -2.15. The summed E-state index contributed by atoms with van der Waals surface area (Å²) in [5, 5.41) is 3.18. The number of likely N-dealkylation sites (N-methyl/N-ethyl adjacent to an activating group) is 1.